The summed E-state index contributed by atoms with van der Waals surface area (Å²) >= 11 is 6.17. The summed E-state index contributed by atoms with van der Waals surface area (Å²) in [7, 11) is 0. The highest BCUT2D eigenvalue weighted by Gasteiger charge is 2.37. The Labute approximate surface area is 148 Å². The number of carbonyl (C=O) groups excluding carboxylic acids is 1. The van der Waals surface area contributed by atoms with Crippen LogP contribution in [0, 0.1) is 0 Å². The van der Waals surface area contributed by atoms with E-state index in [0.29, 0.717) is 24.8 Å². The molecule has 1 saturated heterocycles. The lowest BCUT2D eigenvalue weighted by Gasteiger charge is -2.35. The molecule has 1 amide bonds. The second-order valence-corrected chi connectivity index (χ2v) is 7.23. The number of hydrogen-bond donors (Lipinski definition) is 2. The van der Waals surface area contributed by atoms with Gasteiger partial charge in [0.05, 0.1) is 24.8 Å². The standard InChI is InChI=1S/C18H26ClN3O2/c19-15-5-3-4-14(12-15)16(22-8-10-24-11-9-22)13-21-17(23)18(20)6-1-2-7-18/h3-5,12,16H,1-2,6-11,13,20H2,(H,21,23). The molecule has 1 atom stereocenters. The first-order valence-electron chi connectivity index (χ1n) is 8.73. The van der Waals surface area contributed by atoms with E-state index in [2.05, 4.69) is 16.3 Å². The molecule has 1 saturated carbocycles. The Morgan fingerprint density at radius 1 is 1.33 bits per heavy atom. The molecule has 3 rings (SSSR count). The molecule has 1 aliphatic heterocycles. The van der Waals surface area contributed by atoms with E-state index in [-0.39, 0.29) is 11.9 Å². The zero-order valence-corrected chi connectivity index (χ0v) is 14.7. The van der Waals surface area contributed by atoms with Crippen molar-refractivity contribution in [3.8, 4) is 0 Å². The van der Waals surface area contributed by atoms with Gasteiger partial charge in [-0.1, -0.05) is 36.6 Å². The minimum Gasteiger partial charge on any atom is -0.379 e. The average Bonchev–Trinajstić information content (AvgIpc) is 3.04. The number of morpholine rings is 1. The highest BCUT2D eigenvalue weighted by Crippen LogP contribution is 2.28. The minimum atomic E-state index is -0.691. The molecular weight excluding hydrogens is 326 g/mol. The monoisotopic (exact) mass is 351 g/mol. The van der Waals surface area contributed by atoms with Gasteiger partial charge in [0.15, 0.2) is 0 Å². The third-order valence-electron chi connectivity index (χ3n) is 5.12. The zero-order valence-electron chi connectivity index (χ0n) is 14.0. The normalized spacial score (nSPS) is 22.2. The first kappa shape index (κ1) is 17.7. The van der Waals surface area contributed by atoms with Crippen LogP contribution in [0.1, 0.15) is 37.3 Å². The molecular formula is C18H26ClN3O2. The number of ether oxygens (including phenoxy) is 1. The summed E-state index contributed by atoms with van der Waals surface area (Å²) in [4.78, 5) is 14.9. The number of carbonyl (C=O) groups is 1. The van der Waals surface area contributed by atoms with E-state index >= 15 is 0 Å². The van der Waals surface area contributed by atoms with Crippen LogP contribution in [0.5, 0.6) is 0 Å². The molecule has 0 bridgehead atoms. The zero-order chi connectivity index (χ0) is 17.0. The second kappa shape index (κ2) is 7.83. The number of hydrogen-bond acceptors (Lipinski definition) is 4. The van der Waals surface area contributed by atoms with E-state index in [1.807, 2.05) is 18.2 Å². The molecule has 0 radical (unpaired) electrons. The summed E-state index contributed by atoms with van der Waals surface area (Å²) < 4.78 is 5.46. The number of rotatable bonds is 5. The summed E-state index contributed by atoms with van der Waals surface area (Å²) in [5.74, 6) is -0.0275. The van der Waals surface area contributed by atoms with Gasteiger partial charge in [-0.3, -0.25) is 9.69 Å². The topological polar surface area (TPSA) is 67.6 Å². The second-order valence-electron chi connectivity index (χ2n) is 6.79. The highest BCUT2D eigenvalue weighted by molar-refractivity contribution is 6.30. The van der Waals surface area contributed by atoms with Gasteiger partial charge in [-0.2, -0.15) is 0 Å². The molecule has 1 aromatic carbocycles. The number of amides is 1. The highest BCUT2D eigenvalue weighted by atomic mass is 35.5. The van der Waals surface area contributed by atoms with Gasteiger partial charge in [-0.05, 0) is 30.5 Å². The van der Waals surface area contributed by atoms with Crippen molar-refractivity contribution in [1.82, 2.24) is 10.2 Å². The van der Waals surface area contributed by atoms with E-state index in [9.17, 15) is 4.79 Å². The van der Waals surface area contributed by atoms with Crippen LogP contribution in [-0.4, -0.2) is 49.2 Å². The Balaban J connectivity index is 1.71. The van der Waals surface area contributed by atoms with Crippen LogP contribution in [0.15, 0.2) is 24.3 Å². The maximum atomic E-state index is 12.5. The minimum absolute atomic E-state index is 0.0275. The molecule has 6 heteroatoms. The summed E-state index contributed by atoms with van der Waals surface area (Å²) in [6.07, 6.45) is 3.62. The molecule has 3 N–H and O–H groups in total. The van der Waals surface area contributed by atoms with Crippen LogP contribution in [0.4, 0.5) is 0 Å². The Bertz CT molecular complexity index is 569. The lowest BCUT2D eigenvalue weighted by atomic mass is 9.97. The van der Waals surface area contributed by atoms with Crippen molar-refractivity contribution in [2.45, 2.75) is 37.3 Å². The van der Waals surface area contributed by atoms with Crippen LogP contribution < -0.4 is 11.1 Å². The summed E-state index contributed by atoms with van der Waals surface area (Å²) in [6.45, 7) is 3.66. The third-order valence-corrected chi connectivity index (χ3v) is 5.36. The van der Waals surface area contributed by atoms with Gasteiger partial charge in [-0.25, -0.2) is 0 Å². The molecule has 0 aromatic heterocycles. The van der Waals surface area contributed by atoms with Crippen LogP contribution in [0.2, 0.25) is 5.02 Å². The van der Waals surface area contributed by atoms with Crippen LogP contribution >= 0.6 is 11.6 Å². The molecule has 24 heavy (non-hydrogen) atoms. The van der Waals surface area contributed by atoms with Gasteiger partial charge < -0.3 is 15.8 Å². The predicted octanol–water partition coefficient (Wildman–Crippen LogP) is 2.10. The van der Waals surface area contributed by atoms with Gasteiger partial charge in [0.25, 0.3) is 0 Å². The largest absolute Gasteiger partial charge is 0.379 e. The summed E-state index contributed by atoms with van der Waals surface area (Å²) in [5, 5.41) is 3.80. The molecule has 1 heterocycles. The van der Waals surface area contributed by atoms with Crippen molar-refractivity contribution in [2.24, 2.45) is 5.73 Å². The smallest absolute Gasteiger partial charge is 0.240 e. The van der Waals surface area contributed by atoms with Gasteiger partial charge in [-0.15, -0.1) is 0 Å². The number of benzene rings is 1. The van der Waals surface area contributed by atoms with Gasteiger partial charge in [0, 0.05) is 24.7 Å². The Morgan fingerprint density at radius 2 is 2.04 bits per heavy atom. The molecule has 5 nitrogen and oxygen atoms in total. The van der Waals surface area contributed by atoms with E-state index in [4.69, 9.17) is 22.1 Å². The lowest BCUT2D eigenvalue weighted by molar-refractivity contribution is -0.126. The molecule has 132 valence electrons. The number of nitrogens with zero attached hydrogens (tertiary/aromatic N) is 1. The van der Waals surface area contributed by atoms with E-state index in [1.54, 1.807) is 0 Å². The van der Waals surface area contributed by atoms with Crippen molar-refractivity contribution in [1.29, 1.82) is 0 Å². The van der Waals surface area contributed by atoms with Crippen LogP contribution in [0.3, 0.4) is 0 Å². The maximum Gasteiger partial charge on any atom is 0.240 e. The van der Waals surface area contributed by atoms with Crippen LogP contribution in [-0.2, 0) is 9.53 Å². The molecule has 0 spiro atoms. The molecule has 1 unspecified atom stereocenters. The Hall–Kier alpha value is -1.14. The molecule has 2 fully saturated rings. The SMILES string of the molecule is NC1(C(=O)NCC(c2cccc(Cl)c2)N2CCOCC2)CCCC1. The lowest BCUT2D eigenvalue weighted by Crippen LogP contribution is -2.54. The number of nitrogens with two attached hydrogens (primary N) is 1. The third kappa shape index (κ3) is 4.09. The van der Waals surface area contributed by atoms with Crippen molar-refractivity contribution >= 4 is 17.5 Å². The van der Waals surface area contributed by atoms with Crippen molar-refractivity contribution < 1.29 is 9.53 Å². The number of halogens is 1. The Morgan fingerprint density at radius 3 is 2.71 bits per heavy atom. The van der Waals surface area contributed by atoms with Crippen molar-refractivity contribution in [2.75, 3.05) is 32.8 Å². The average molecular weight is 352 g/mol. The van der Waals surface area contributed by atoms with E-state index in [1.165, 1.54) is 0 Å². The van der Waals surface area contributed by atoms with E-state index in [0.717, 1.165) is 44.3 Å². The fraction of sp³-hybridized carbons (Fsp3) is 0.611. The first-order valence-corrected chi connectivity index (χ1v) is 9.11. The van der Waals surface area contributed by atoms with Gasteiger partial charge >= 0.3 is 0 Å². The van der Waals surface area contributed by atoms with E-state index < -0.39 is 5.54 Å². The molecule has 1 aliphatic carbocycles. The molecule has 1 aromatic rings. The number of nitrogens with one attached hydrogen (secondary N) is 1. The fourth-order valence-electron chi connectivity index (χ4n) is 3.66. The van der Waals surface area contributed by atoms with Crippen molar-refractivity contribution in [3.05, 3.63) is 34.9 Å². The fourth-order valence-corrected chi connectivity index (χ4v) is 3.86. The molecule has 2 aliphatic rings. The van der Waals surface area contributed by atoms with Crippen molar-refractivity contribution in [3.63, 3.8) is 0 Å². The first-order chi connectivity index (χ1) is 11.6. The van der Waals surface area contributed by atoms with Crippen LogP contribution in [0.25, 0.3) is 0 Å². The summed E-state index contributed by atoms with van der Waals surface area (Å²) in [5.41, 5.74) is 6.69. The Kier molecular flexibility index (Phi) is 5.76. The van der Waals surface area contributed by atoms with Gasteiger partial charge in [0.1, 0.15) is 0 Å². The summed E-state index contributed by atoms with van der Waals surface area (Å²) in [6, 6.07) is 7.94. The predicted molar refractivity (Wildman–Crippen MR) is 95.0 cm³/mol. The van der Waals surface area contributed by atoms with Gasteiger partial charge in [0.2, 0.25) is 5.91 Å². The maximum absolute atomic E-state index is 12.5. The quantitative estimate of drug-likeness (QED) is 0.852.